The standard InChI is InChI=1S/C13H21N3O2/c1-17-13(5-3-2-4-6-13)12-15-11(18-16-12)7-10-8-14-9-10/h10,14H,2-9H2,1H3. The van der Waals surface area contributed by atoms with Crippen LogP contribution in [0.3, 0.4) is 0 Å². The molecule has 0 radical (unpaired) electrons. The van der Waals surface area contributed by atoms with Crippen molar-refractivity contribution in [2.45, 2.75) is 44.1 Å². The number of rotatable bonds is 4. The lowest BCUT2D eigenvalue weighted by molar-refractivity contribution is -0.0527. The fraction of sp³-hybridized carbons (Fsp3) is 0.846. The van der Waals surface area contributed by atoms with Gasteiger partial charge in [-0.15, -0.1) is 0 Å². The van der Waals surface area contributed by atoms with Crippen molar-refractivity contribution >= 4 is 0 Å². The van der Waals surface area contributed by atoms with Gasteiger partial charge >= 0.3 is 0 Å². The van der Waals surface area contributed by atoms with Gasteiger partial charge in [0, 0.05) is 13.5 Å². The summed E-state index contributed by atoms with van der Waals surface area (Å²) in [7, 11) is 1.76. The normalized spacial score (nSPS) is 23.8. The lowest BCUT2D eigenvalue weighted by Gasteiger charge is -2.32. The Labute approximate surface area is 107 Å². The van der Waals surface area contributed by atoms with Gasteiger partial charge in [0.1, 0.15) is 5.60 Å². The third-order valence-electron chi connectivity index (χ3n) is 4.26. The van der Waals surface area contributed by atoms with Crippen LogP contribution < -0.4 is 5.32 Å². The van der Waals surface area contributed by atoms with E-state index in [1.54, 1.807) is 7.11 Å². The molecule has 1 N–H and O–H groups in total. The van der Waals surface area contributed by atoms with Gasteiger partial charge in [-0.25, -0.2) is 0 Å². The molecular weight excluding hydrogens is 230 g/mol. The summed E-state index contributed by atoms with van der Waals surface area (Å²) in [5.41, 5.74) is -0.294. The molecule has 1 aromatic heterocycles. The molecular formula is C13H21N3O2. The van der Waals surface area contributed by atoms with Crippen molar-refractivity contribution < 1.29 is 9.26 Å². The Kier molecular flexibility index (Phi) is 3.35. The van der Waals surface area contributed by atoms with Crippen molar-refractivity contribution in [3.63, 3.8) is 0 Å². The fourth-order valence-corrected chi connectivity index (χ4v) is 2.90. The van der Waals surface area contributed by atoms with E-state index >= 15 is 0 Å². The van der Waals surface area contributed by atoms with Gasteiger partial charge in [0.15, 0.2) is 0 Å². The number of ether oxygens (including phenoxy) is 1. The van der Waals surface area contributed by atoms with E-state index in [9.17, 15) is 0 Å². The Morgan fingerprint density at radius 2 is 2.11 bits per heavy atom. The molecule has 5 heteroatoms. The minimum atomic E-state index is -0.294. The van der Waals surface area contributed by atoms with Gasteiger partial charge in [-0.1, -0.05) is 24.4 Å². The lowest BCUT2D eigenvalue weighted by Crippen LogP contribution is -2.43. The zero-order valence-electron chi connectivity index (χ0n) is 10.9. The number of hydrogen-bond acceptors (Lipinski definition) is 5. The van der Waals surface area contributed by atoms with E-state index in [0.29, 0.717) is 5.92 Å². The average Bonchev–Trinajstić information content (AvgIpc) is 2.84. The van der Waals surface area contributed by atoms with Gasteiger partial charge in [0.25, 0.3) is 0 Å². The largest absolute Gasteiger partial charge is 0.370 e. The average molecular weight is 251 g/mol. The van der Waals surface area contributed by atoms with Crippen LogP contribution in [0.5, 0.6) is 0 Å². The molecule has 2 heterocycles. The highest BCUT2D eigenvalue weighted by Gasteiger charge is 2.38. The maximum Gasteiger partial charge on any atom is 0.227 e. The van der Waals surface area contributed by atoms with Gasteiger partial charge in [-0.2, -0.15) is 4.98 Å². The number of methoxy groups -OCH3 is 1. The first kappa shape index (κ1) is 12.1. The SMILES string of the molecule is COC1(c2noc(CC3CNC3)n2)CCCCC1. The second-order valence-electron chi connectivity index (χ2n) is 5.50. The summed E-state index contributed by atoms with van der Waals surface area (Å²) in [5, 5.41) is 7.42. The second-order valence-corrected chi connectivity index (χ2v) is 5.50. The zero-order chi connectivity index (χ0) is 12.4. The van der Waals surface area contributed by atoms with Crippen LogP contribution in [0.1, 0.15) is 43.8 Å². The topological polar surface area (TPSA) is 60.2 Å². The first-order valence-electron chi connectivity index (χ1n) is 6.91. The molecule has 1 saturated heterocycles. The van der Waals surface area contributed by atoms with Crippen LogP contribution in [0.25, 0.3) is 0 Å². The smallest absolute Gasteiger partial charge is 0.227 e. The number of nitrogens with zero attached hydrogens (tertiary/aromatic N) is 2. The number of aromatic nitrogens is 2. The van der Waals surface area contributed by atoms with Gasteiger partial charge in [0.05, 0.1) is 0 Å². The lowest BCUT2D eigenvalue weighted by atomic mass is 9.84. The third-order valence-corrected chi connectivity index (χ3v) is 4.26. The van der Waals surface area contributed by atoms with Gasteiger partial charge in [-0.05, 0) is 31.8 Å². The van der Waals surface area contributed by atoms with Crippen LogP contribution in [-0.2, 0) is 16.8 Å². The molecule has 0 atom stereocenters. The van der Waals surface area contributed by atoms with E-state index in [0.717, 1.165) is 44.1 Å². The second kappa shape index (κ2) is 4.97. The highest BCUT2D eigenvalue weighted by molar-refractivity contribution is 5.04. The molecule has 18 heavy (non-hydrogen) atoms. The molecule has 0 bridgehead atoms. The van der Waals surface area contributed by atoms with Crippen molar-refractivity contribution in [2.75, 3.05) is 20.2 Å². The van der Waals surface area contributed by atoms with E-state index in [-0.39, 0.29) is 5.60 Å². The molecule has 2 aliphatic rings. The molecule has 0 spiro atoms. The summed E-state index contributed by atoms with van der Waals surface area (Å²) in [6, 6.07) is 0. The van der Waals surface area contributed by atoms with Crippen molar-refractivity contribution in [1.29, 1.82) is 0 Å². The van der Waals surface area contributed by atoms with Crippen molar-refractivity contribution in [3.05, 3.63) is 11.7 Å². The predicted octanol–water partition coefficient (Wildman–Crippen LogP) is 1.64. The molecule has 0 unspecified atom stereocenters. The quantitative estimate of drug-likeness (QED) is 0.881. The van der Waals surface area contributed by atoms with Crippen molar-refractivity contribution in [2.24, 2.45) is 5.92 Å². The van der Waals surface area contributed by atoms with Crippen LogP contribution in [0, 0.1) is 5.92 Å². The summed E-state index contributed by atoms with van der Waals surface area (Å²) in [4.78, 5) is 4.57. The molecule has 1 aliphatic carbocycles. The van der Waals surface area contributed by atoms with Crippen LogP contribution in [0.2, 0.25) is 0 Å². The molecule has 0 aromatic carbocycles. The number of nitrogens with one attached hydrogen (secondary N) is 1. The Balaban J connectivity index is 1.73. The van der Waals surface area contributed by atoms with Crippen LogP contribution in [0.4, 0.5) is 0 Å². The van der Waals surface area contributed by atoms with Crippen LogP contribution in [-0.4, -0.2) is 30.3 Å². The molecule has 5 nitrogen and oxygen atoms in total. The molecule has 100 valence electrons. The van der Waals surface area contributed by atoms with E-state index in [1.165, 1.54) is 19.3 Å². The molecule has 3 rings (SSSR count). The highest BCUT2D eigenvalue weighted by Crippen LogP contribution is 2.38. The first-order valence-corrected chi connectivity index (χ1v) is 6.91. The summed E-state index contributed by atoms with van der Waals surface area (Å²) in [5.74, 6) is 2.17. The first-order chi connectivity index (χ1) is 8.82. The highest BCUT2D eigenvalue weighted by atomic mass is 16.5. The van der Waals surface area contributed by atoms with E-state index in [2.05, 4.69) is 15.5 Å². The molecule has 1 saturated carbocycles. The Morgan fingerprint density at radius 3 is 2.72 bits per heavy atom. The Morgan fingerprint density at radius 1 is 1.33 bits per heavy atom. The summed E-state index contributed by atoms with van der Waals surface area (Å²) in [6.07, 6.45) is 6.55. The molecule has 0 amide bonds. The fourth-order valence-electron chi connectivity index (χ4n) is 2.90. The van der Waals surface area contributed by atoms with Crippen molar-refractivity contribution in [1.82, 2.24) is 15.5 Å². The molecule has 1 aliphatic heterocycles. The van der Waals surface area contributed by atoms with E-state index in [4.69, 9.17) is 9.26 Å². The van der Waals surface area contributed by atoms with Crippen molar-refractivity contribution in [3.8, 4) is 0 Å². The van der Waals surface area contributed by atoms with Crippen LogP contribution >= 0.6 is 0 Å². The minimum Gasteiger partial charge on any atom is -0.370 e. The predicted molar refractivity (Wildman–Crippen MR) is 66.1 cm³/mol. The van der Waals surface area contributed by atoms with E-state index in [1.807, 2.05) is 0 Å². The monoisotopic (exact) mass is 251 g/mol. The summed E-state index contributed by atoms with van der Waals surface area (Å²) < 4.78 is 11.1. The molecule has 2 fully saturated rings. The maximum absolute atomic E-state index is 5.73. The zero-order valence-corrected chi connectivity index (χ0v) is 10.9. The minimum absolute atomic E-state index is 0.294. The Bertz CT molecular complexity index is 395. The van der Waals surface area contributed by atoms with Gasteiger partial charge in [-0.3, -0.25) is 0 Å². The Hall–Kier alpha value is -0.940. The number of hydrogen-bond donors (Lipinski definition) is 1. The maximum atomic E-state index is 5.73. The van der Waals surface area contributed by atoms with Gasteiger partial charge < -0.3 is 14.6 Å². The molecule has 1 aromatic rings. The van der Waals surface area contributed by atoms with E-state index < -0.39 is 0 Å². The third kappa shape index (κ3) is 2.17. The van der Waals surface area contributed by atoms with Crippen LogP contribution in [0.15, 0.2) is 4.52 Å². The van der Waals surface area contributed by atoms with Gasteiger partial charge in [0.2, 0.25) is 11.7 Å². The summed E-state index contributed by atoms with van der Waals surface area (Å²) in [6.45, 7) is 2.13. The summed E-state index contributed by atoms with van der Waals surface area (Å²) >= 11 is 0.